The lowest BCUT2D eigenvalue weighted by atomic mass is 10.2. The normalized spacial score (nSPS) is 12.0. The second-order valence-electron chi connectivity index (χ2n) is 5.11. The summed E-state index contributed by atoms with van der Waals surface area (Å²) in [5.41, 5.74) is 1.30. The predicted octanol–water partition coefficient (Wildman–Crippen LogP) is 3.58. The van der Waals surface area contributed by atoms with Crippen LogP contribution in [0.15, 0.2) is 45.8 Å². The van der Waals surface area contributed by atoms with Gasteiger partial charge in [0.15, 0.2) is 0 Å². The van der Waals surface area contributed by atoms with E-state index in [1.807, 2.05) is 6.92 Å². The molecule has 0 atom stereocenters. The van der Waals surface area contributed by atoms with Crippen molar-refractivity contribution in [2.75, 3.05) is 15.7 Å². The quantitative estimate of drug-likeness (QED) is 0.724. The number of hydrogen-bond donors (Lipinski definition) is 2. The topological polar surface area (TPSA) is 92.3 Å². The van der Waals surface area contributed by atoms with Gasteiger partial charge in [0.25, 0.3) is 10.0 Å². The molecule has 2 N–H and O–H groups in total. The maximum absolute atomic E-state index is 12.5. The summed E-state index contributed by atoms with van der Waals surface area (Å²) >= 11 is 9.22. The van der Waals surface area contributed by atoms with Crippen molar-refractivity contribution in [2.24, 2.45) is 0 Å². The minimum Gasteiger partial charge on any atom is -0.282 e. The van der Waals surface area contributed by atoms with E-state index >= 15 is 0 Å². The lowest BCUT2D eigenvalue weighted by Crippen LogP contribution is -2.14. The Hall–Kier alpha value is -1.29. The average Bonchev–Trinajstić information content (AvgIpc) is 2.39. The highest BCUT2D eigenvalue weighted by Crippen LogP contribution is 2.29. The summed E-state index contributed by atoms with van der Waals surface area (Å²) in [6.45, 7) is 1.85. The van der Waals surface area contributed by atoms with E-state index in [1.54, 1.807) is 12.1 Å². The first-order chi connectivity index (χ1) is 11.0. The molecule has 10 heteroatoms. The Morgan fingerprint density at radius 3 is 2.21 bits per heavy atom. The van der Waals surface area contributed by atoms with Crippen LogP contribution in [-0.2, 0) is 20.0 Å². The highest BCUT2D eigenvalue weighted by molar-refractivity contribution is 9.10. The van der Waals surface area contributed by atoms with Gasteiger partial charge in [0.1, 0.15) is 4.90 Å². The Balaban J connectivity index is 2.32. The van der Waals surface area contributed by atoms with Gasteiger partial charge in [-0.05, 0) is 58.7 Å². The SMILES string of the molecule is Cc1ccc(S(=O)(=O)Nc2ccc(NS(C)(=O)=O)c(Cl)c2)c(Br)c1. The number of hydrogen-bond acceptors (Lipinski definition) is 4. The molecule has 0 unspecified atom stereocenters. The molecule has 0 aliphatic carbocycles. The van der Waals surface area contributed by atoms with Gasteiger partial charge < -0.3 is 0 Å². The van der Waals surface area contributed by atoms with E-state index in [0.29, 0.717) is 4.47 Å². The molecule has 0 saturated carbocycles. The minimum absolute atomic E-state index is 0.0728. The lowest BCUT2D eigenvalue weighted by molar-refractivity contribution is 0.600. The van der Waals surface area contributed by atoms with Gasteiger partial charge in [-0.3, -0.25) is 9.44 Å². The fourth-order valence-electron chi connectivity index (χ4n) is 1.90. The summed E-state index contributed by atoms with van der Waals surface area (Å²) in [6.07, 6.45) is 0.995. The summed E-state index contributed by atoms with van der Waals surface area (Å²) in [4.78, 5) is 0.0857. The summed E-state index contributed by atoms with van der Waals surface area (Å²) in [7, 11) is -7.30. The molecule has 0 radical (unpaired) electrons. The first-order valence-corrected chi connectivity index (χ1v) is 11.1. The lowest BCUT2D eigenvalue weighted by Gasteiger charge is -2.12. The second kappa shape index (κ2) is 6.91. The zero-order valence-electron chi connectivity index (χ0n) is 12.7. The monoisotopic (exact) mass is 452 g/mol. The fourth-order valence-corrected chi connectivity index (χ4v) is 5.00. The van der Waals surface area contributed by atoms with E-state index in [0.717, 1.165) is 11.8 Å². The number of nitrogens with one attached hydrogen (secondary N) is 2. The molecule has 24 heavy (non-hydrogen) atoms. The van der Waals surface area contributed by atoms with Crippen LogP contribution in [0.3, 0.4) is 0 Å². The molecule has 2 aromatic carbocycles. The molecule has 0 heterocycles. The van der Waals surface area contributed by atoms with Crippen LogP contribution in [0.25, 0.3) is 0 Å². The van der Waals surface area contributed by atoms with Crippen LogP contribution in [0.4, 0.5) is 11.4 Å². The van der Waals surface area contributed by atoms with Crippen LogP contribution in [-0.4, -0.2) is 23.1 Å². The Kier molecular flexibility index (Phi) is 5.48. The number of benzene rings is 2. The molecular weight excluding hydrogens is 440 g/mol. The van der Waals surface area contributed by atoms with Crippen molar-refractivity contribution in [3.05, 3.63) is 51.5 Å². The van der Waals surface area contributed by atoms with Crippen LogP contribution in [0.5, 0.6) is 0 Å². The van der Waals surface area contributed by atoms with Crippen LogP contribution < -0.4 is 9.44 Å². The number of rotatable bonds is 5. The molecular formula is C14H14BrClN2O4S2. The maximum Gasteiger partial charge on any atom is 0.263 e. The van der Waals surface area contributed by atoms with Gasteiger partial charge in [0.05, 0.1) is 22.7 Å². The van der Waals surface area contributed by atoms with Crippen molar-refractivity contribution in [3.8, 4) is 0 Å². The molecule has 2 aromatic rings. The molecule has 0 bridgehead atoms. The summed E-state index contributed by atoms with van der Waals surface area (Å²) in [5.74, 6) is 0. The number of sulfonamides is 2. The van der Waals surface area contributed by atoms with E-state index in [9.17, 15) is 16.8 Å². The Morgan fingerprint density at radius 1 is 1.00 bits per heavy atom. The molecule has 130 valence electrons. The average molecular weight is 454 g/mol. The zero-order chi connectivity index (χ0) is 18.1. The fraction of sp³-hybridized carbons (Fsp3) is 0.143. The van der Waals surface area contributed by atoms with Crippen molar-refractivity contribution >= 4 is 59.0 Å². The Bertz CT molecular complexity index is 992. The van der Waals surface area contributed by atoms with Crippen molar-refractivity contribution in [1.82, 2.24) is 0 Å². The van der Waals surface area contributed by atoms with Crippen molar-refractivity contribution < 1.29 is 16.8 Å². The summed E-state index contributed by atoms with van der Waals surface area (Å²) < 4.78 is 52.5. The smallest absolute Gasteiger partial charge is 0.263 e. The van der Waals surface area contributed by atoms with Crippen molar-refractivity contribution in [1.29, 1.82) is 0 Å². The molecule has 0 fully saturated rings. The molecule has 6 nitrogen and oxygen atoms in total. The van der Waals surface area contributed by atoms with Gasteiger partial charge >= 0.3 is 0 Å². The van der Waals surface area contributed by atoms with Crippen LogP contribution in [0.1, 0.15) is 5.56 Å². The minimum atomic E-state index is -3.82. The van der Waals surface area contributed by atoms with Crippen molar-refractivity contribution in [3.63, 3.8) is 0 Å². The van der Waals surface area contributed by atoms with Crippen LogP contribution in [0, 0.1) is 6.92 Å². The molecule has 2 rings (SSSR count). The summed E-state index contributed by atoms with van der Waals surface area (Å²) in [6, 6.07) is 8.99. The van der Waals surface area contributed by atoms with Gasteiger partial charge in [0.2, 0.25) is 10.0 Å². The van der Waals surface area contributed by atoms with Crippen LogP contribution in [0.2, 0.25) is 5.02 Å². The largest absolute Gasteiger partial charge is 0.282 e. The zero-order valence-corrected chi connectivity index (χ0v) is 16.6. The van der Waals surface area contributed by atoms with E-state index in [1.165, 1.54) is 24.3 Å². The first-order valence-electron chi connectivity index (χ1n) is 6.54. The third-order valence-corrected chi connectivity index (χ3v) is 6.15. The van der Waals surface area contributed by atoms with Gasteiger partial charge in [-0.15, -0.1) is 0 Å². The number of anilines is 2. The second-order valence-corrected chi connectivity index (χ2v) is 9.77. The molecule has 0 aliphatic heterocycles. The molecule has 0 saturated heterocycles. The standard InChI is InChI=1S/C14H14BrClN2O4S2/c1-9-3-6-14(11(15)7-9)24(21,22)17-10-4-5-13(12(16)8-10)18-23(2,19)20/h3-8,17-18H,1-2H3. The van der Waals surface area contributed by atoms with Crippen molar-refractivity contribution in [2.45, 2.75) is 11.8 Å². The van der Waals surface area contributed by atoms with E-state index < -0.39 is 20.0 Å². The van der Waals surface area contributed by atoms with Gasteiger partial charge in [-0.1, -0.05) is 17.7 Å². The third-order valence-electron chi connectivity index (χ3n) is 2.89. The van der Waals surface area contributed by atoms with E-state index in [4.69, 9.17) is 11.6 Å². The highest BCUT2D eigenvalue weighted by Gasteiger charge is 2.18. The van der Waals surface area contributed by atoms with Gasteiger partial charge in [-0.25, -0.2) is 16.8 Å². The highest BCUT2D eigenvalue weighted by atomic mass is 79.9. The predicted molar refractivity (Wildman–Crippen MR) is 99.6 cm³/mol. The third kappa shape index (κ3) is 4.85. The maximum atomic E-state index is 12.5. The molecule has 0 aliphatic rings. The summed E-state index contributed by atoms with van der Waals surface area (Å²) in [5, 5.41) is 0.0728. The molecule has 0 aromatic heterocycles. The number of halogens is 2. The van der Waals surface area contributed by atoms with E-state index in [-0.39, 0.29) is 21.3 Å². The Morgan fingerprint density at radius 2 is 1.67 bits per heavy atom. The molecule has 0 spiro atoms. The van der Waals surface area contributed by atoms with Gasteiger partial charge in [0, 0.05) is 4.47 Å². The Labute approximate surface area is 154 Å². The number of aryl methyl sites for hydroxylation is 1. The van der Waals surface area contributed by atoms with Gasteiger partial charge in [-0.2, -0.15) is 0 Å². The first kappa shape index (κ1) is 19.0. The van der Waals surface area contributed by atoms with E-state index in [2.05, 4.69) is 25.4 Å². The van der Waals surface area contributed by atoms with Crippen LogP contribution >= 0.6 is 27.5 Å². The molecule has 0 amide bonds.